The minimum atomic E-state index is 0.491. The molecule has 0 spiro atoms. The number of hydrogen-bond donors (Lipinski definition) is 0. The van der Waals surface area contributed by atoms with E-state index in [2.05, 4.69) is 34.7 Å². The molecule has 0 N–H and O–H groups in total. The van der Waals surface area contributed by atoms with E-state index >= 15 is 0 Å². The maximum absolute atomic E-state index is 5.72. The third-order valence-electron chi connectivity index (χ3n) is 3.40. The number of rotatable bonds is 7. The lowest BCUT2D eigenvalue weighted by Crippen LogP contribution is -2.40. The van der Waals surface area contributed by atoms with Gasteiger partial charge in [0.1, 0.15) is 0 Å². The third-order valence-corrected chi connectivity index (χ3v) is 3.86. The van der Waals surface area contributed by atoms with Gasteiger partial charge in [-0.1, -0.05) is 22.9 Å². The van der Waals surface area contributed by atoms with Gasteiger partial charge in [-0.25, -0.2) is 0 Å². The number of nitrogens with zero attached hydrogens (tertiary/aromatic N) is 1. The summed E-state index contributed by atoms with van der Waals surface area (Å²) in [4.78, 5) is 2.58. The van der Waals surface area contributed by atoms with Gasteiger partial charge >= 0.3 is 0 Å². The lowest BCUT2D eigenvalue weighted by Gasteiger charge is -2.33. The molecule has 2 atom stereocenters. The highest BCUT2D eigenvalue weighted by molar-refractivity contribution is 9.09. The molecular weight excluding hydrogens is 266 g/mol. The second-order valence-corrected chi connectivity index (χ2v) is 5.68. The molecule has 16 heavy (non-hydrogen) atoms. The molecule has 0 radical (unpaired) electrons. The Morgan fingerprint density at radius 1 is 1.44 bits per heavy atom. The Hall–Kier alpha value is 0.400. The number of halogens is 1. The molecule has 1 aliphatic rings. The molecule has 2 unspecified atom stereocenters. The first-order valence-corrected chi connectivity index (χ1v) is 7.78. The normalized spacial score (nSPS) is 24.6. The van der Waals surface area contributed by atoms with Gasteiger partial charge in [-0.3, -0.25) is 0 Å². The largest absolute Gasteiger partial charge is 0.377 e. The Kier molecular flexibility index (Phi) is 7.67. The second kappa shape index (κ2) is 8.48. The third kappa shape index (κ3) is 5.65. The number of likely N-dealkylation sites (tertiary alicyclic amines) is 1. The zero-order chi connectivity index (χ0) is 11.8. The zero-order valence-electron chi connectivity index (χ0n) is 10.8. The summed E-state index contributed by atoms with van der Waals surface area (Å²) < 4.78 is 5.72. The predicted molar refractivity (Wildman–Crippen MR) is 73.3 cm³/mol. The van der Waals surface area contributed by atoms with Crippen molar-refractivity contribution in [2.24, 2.45) is 5.92 Å². The fourth-order valence-corrected chi connectivity index (χ4v) is 3.10. The fourth-order valence-electron chi connectivity index (χ4n) is 2.32. The highest BCUT2D eigenvalue weighted by Gasteiger charge is 2.19. The maximum atomic E-state index is 5.72. The Morgan fingerprint density at radius 2 is 2.25 bits per heavy atom. The quantitative estimate of drug-likeness (QED) is 0.668. The summed E-state index contributed by atoms with van der Waals surface area (Å²) in [5, 5.41) is 1.13. The zero-order valence-corrected chi connectivity index (χ0v) is 12.3. The smallest absolute Gasteiger partial charge is 0.0702 e. The molecule has 96 valence electrons. The number of hydrogen-bond acceptors (Lipinski definition) is 2. The molecule has 3 heteroatoms. The minimum absolute atomic E-state index is 0.491. The summed E-state index contributed by atoms with van der Waals surface area (Å²) in [5.74, 6) is 0.840. The van der Waals surface area contributed by atoms with E-state index in [-0.39, 0.29) is 0 Å². The molecule has 1 fully saturated rings. The van der Waals surface area contributed by atoms with Crippen LogP contribution in [0.2, 0.25) is 0 Å². The van der Waals surface area contributed by atoms with Crippen LogP contribution < -0.4 is 0 Å². The van der Waals surface area contributed by atoms with Gasteiger partial charge in [-0.15, -0.1) is 0 Å². The summed E-state index contributed by atoms with van der Waals surface area (Å²) in [7, 11) is 0. The summed E-state index contributed by atoms with van der Waals surface area (Å²) in [6, 6.07) is 0. The lowest BCUT2D eigenvalue weighted by molar-refractivity contribution is 0.00477. The van der Waals surface area contributed by atoms with Gasteiger partial charge in [-0.05, 0) is 51.6 Å². The molecule has 1 heterocycles. The highest BCUT2D eigenvalue weighted by atomic mass is 79.9. The predicted octanol–water partition coefficient (Wildman–Crippen LogP) is 3.30. The van der Waals surface area contributed by atoms with Crippen LogP contribution in [0.5, 0.6) is 0 Å². The van der Waals surface area contributed by atoms with Crippen molar-refractivity contribution in [3.8, 4) is 0 Å². The first-order chi connectivity index (χ1) is 7.76. The van der Waals surface area contributed by atoms with Gasteiger partial charge < -0.3 is 9.64 Å². The Balaban J connectivity index is 2.16. The van der Waals surface area contributed by atoms with Crippen molar-refractivity contribution >= 4 is 15.9 Å². The Morgan fingerprint density at radius 3 is 2.94 bits per heavy atom. The summed E-state index contributed by atoms with van der Waals surface area (Å²) >= 11 is 3.51. The van der Waals surface area contributed by atoms with Crippen LogP contribution in [0.15, 0.2) is 0 Å². The van der Waals surface area contributed by atoms with E-state index < -0.39 is 0 Å². The van der Waals surface area contributed by atoms with Crippen LogP contribution in [0.4, 0.5) is 0 Å². The summed E-state index contributed by atoms with van der Waals surface area (Å²) in [5.41, 5.74) is 0. The molecule has 1 saturated heterocycles. The summed E-state index contributed by atoms with van der Waals surface area (Å²) in [6.07, 6.45) is 5.66. The van der Waals surface area contributed by atoms with Gasteiger partial charge in [-0.2, -0.15) is 0 Å². The van der Waals surface area contributed by atoms with Gasteiger partial charge in [0.05, 0.1) is 6.10 Å². The number of alkyl halides is 1. The van der Waals surface area contributed by atoms with Crippen molar-refractivity contribution in [2.45, 2.75) is 45.6 Å². The first-order valence-electron chi connectivity index (χ1n) is 6.66. The molecule has 0 aromatic rings. The maximum Gasteiger partial charge on any atom is 0.0702 e. The van der Waals surface area contributed by atoms with E-state index in [1.54, 1.807) is 0 Å². The topological polar surface area (TPSA) is 12.5 Å². The molecule has 0 aromatic heterocycles. The van der Waals surface area contributed by atoms with Crippen LogP contribution in [-0.2, 0) is 4.74 Å². The van der Waals surface area contributed by atoms with Crippen molar-refractivity contribution in [3.63, 3.8) is 0 Å². The monoisotopic (exact) mass is 291 g/mol. The van der Waals surface area contributed by atoms with E-state index in [1.165, 1.54) is 38.8 Å². The van der Waals surface area contributed by atoms with E-state index in [9.17, 15) is 0 Å². The average molecular weight is 292 g/mol. The molecule has 1 rings (SSSR count). The van der Waals surface area contributed by atoms with Crippen molar-refractivity contribution in [1.82, 2.24) is 4.90 Å². The highest BCUT2D eigenvalue weighted by Crippen LogP contribution is 2.16. The first kappa shape index (κ1) is 14.5. The van der Waals surface area contributed by atoms with Crippen LogP contribution in [-0.4, -0.2) is 42.6 Å². The van der Waals surface area contributed by atoms with Gasteiger partial charge in [0, 0.05) is 18.5 Å². The van der Waals surface area contributed by atoms with Crippen LogP contribution in [0.25, 0.3) is 0 Å². The van der Waals surface area contributed by atoms with E-state index in [0.717, 1.165) is 24.4 Å². The van der Waals surface area contributed by atoms with Crippen LogP contribution in [0.3, 0.4) is 0 Å². The van der Waals surface area contributed by atoms with E-state index in [4.69, 9.17) is 4.74 Å². The molecule has 0 bridgehead atoms. The Bertz CT molecular complexity index is 175. The SMILES string of the molecule is CCOC1CCCN(CCC(C)CCBr)C1. The van der Waals surface area contributed by atoms with Crippen molar-refractivity contribution in [1.29, 1.82) is 0 Å². The van der Waals surface area contributed by atoms with Crippen LogP contribution in [0, 0.1) is 5.92 Å². The van der Waals surface area contributed by atoms with Crippen LogP contribution >= 0.6 is 15.9 Å². The van der Waals surface area contributed by atoms with Gasteiger partial charge in [0.15, 0.2) is 0 Å². The standard InChI is InChI=1S/C13H26BrNO/c1-3-16-13-5-4-9-15(11-13)10-7-12(2)6-8-14/h12-13H,3-11H2,1-2H3. The molecule has 0 amide bonds. The fraction of sp³-hybridized carbons (Fsp3) is 1.00. The minimum Gasteiger partial charge on any atom is -0.377 e. The lowest BCUT2D eigenvalue weighted by atomic mass is 10.0. The Labute approximate surface area is 109 Å². The molecular formula is C13H26BrNO. The number of piperidine rings is 1. The molecule has 1 aliphatic heterocycles. The van der Waals surface area contributed by atoms with Crippen molar-refractivity contribution < 1.29 is 4.74 Å². The number of ether oxygens (including phenoxy) is 1. The van der Waals surface area contributed by atoms with Crippen molar-refractivity contribution in [2.75, 3.05) is 31.6 Å². The molecule has 2 nitrogen and oxygen atoms in total. The second-order valence-electron chi connectivity index (χ2n) is 4.89. The van der Waals surface area contributed by atoms with Crippen molar-refractivity contribution in [3.05, 3.63) is 0 Å². The van der Waals surface area contributed by atoms with Gasteiger partial charge in [0.25, 0.3) is 0 Å². The molecule has 0 aromatic carbocycles. The van der Waals surface area contributed by atoms with E-state index in [0.29, 0.717) is 6.10 Å². The average Bonchev–Trinajstić information content (AvgIpc) is 2.28. The summed E-state index contributed by atoms with van der Waals surface area (Å²) in [6.45, 7) is 8.97. The van der Waals surface area contributed by atoms with Crippen LogP contribution in [0.1, 0.15) is 39.5 Å². The molecule has 0 saturated carbocycles. The molecule has 0 aliphatic carbocycles. The van der Waals surface area contributed by atoms with E-state index in [1.807, 2.05) is 0 Å². The van der Waals surface area contributed by atoms with Gasteiger partial charge in [0.2, 0.25) is 0 Å².